The zero-order valence-corrected chi connectivity index (χ0v) is 29.2. The quantitative estimate of drug-likeness (QED) is 0.264. The molecule has 4 aliphatic heterocycles. The molecule has 0 aromatic heterocycles. The number of carbonyl (C=O) groups is 3. The highest BCUT2D eigenvalue weighted by atomic mass is 16.7. The van der Waals surface area contributed by atoms with Crippen LogP contribution in [0, 0.1) is 5.92 Å². The number of carbonyl (C=O) groups excluding carboxylic acids is 3. The van der Waals surface area contributed by atoms with Gasteiger partial charge < -0.3 is 29.5 Å². The van der Waals surface area contributed by atoms with Crippen molar-refractivity contribution in [3.05, 3.63) is 101 Å². The predicted molar refractivity (Wildman–Crippen MR) is 190 cm³/mol. The van der Waals surface area contributed by atoms with Crippen LogP contribution in [0.2, 0.25) is 0 Å². The molecule has 0 spiro atoms. The summed E-state index contributed by atoms with van der Waals surface area (Å²) in [5.41, 5.74) is 3.88. The van der Waals surface area contributed by atoms with Crippen LogP contribution in [0.15, 0.2) is 78.9 Å². The SMILES string of the molecule is C[C@H]1[C@@H](CN2CCC[C@H]2CN2CCCC2)O[C@@H](c2ccc(N3C(=O)CC(NC(=O)OCc4ccccc4)C3=O)cc2)O[C@H]1c1ccc(CO)cc1. The number of hydrogen-bond donors (Lipinski definition) is 2. The highest BCUT2D eigenvalue weighted by molar-refractivity contribution is 6.22. The molecular formula is C40H48N4O7. The highest BCUT2D eigenvalue weighted by Gasteiger charge is 2.43. The van der Waals surface area contributed by atoms with Gasteiger partial charge in [-0.25, -0.2) is 9.69 Å². The van der Waals surface area contributed by atoms with Crippen LogP contribution in [0.3, 0.4) is 0 Å². The fourth-order valence-corrected chi connectivity index (χ4v) is 7.87. The molecular weight excluding hydrogens is 648 g/mol. The number of hydrogen-bond acceptors (Lipinski definition) is 9. The second-order valence-corrected chi connectivity index (χ2v) is 14.2. The number of nitrogens with zero attached hydrogens (tertiary/aromatic N) is 3. The smallest absolute Gasteiger partial charge is 0.408 e. The summed E-state index contributed by atoms with van der Waals surface area (Å²) in [7, 11) is 0. The zero-order valence-electron chi connectivity index (χ0n) is 29.2. The van der Waals surface area contributed by atoms with Gasteiger partial charge in [0.05, 0.1) is 30.9 Å². The van der Waals surface area contributed by atoms with Crippen molar-refractivity contribution in [1.29, 1.82) is 0 Å². The maximum atomic E-state index is 13.3. The number of alkyl carbamates (subject to hydrolysis) is 1. The lowest BCUT2D eigenvalue weighted by Gasteiger charge is -2.43. The minimum absolute atomic E-state index is 0.0212. The lowest BCUT2D eigenvalue weighted by atomic mass is 9.90. The van der Waals surface area contributed by atoms with Gasteiger partial charge in [0.25, 0.3) is 5.91 Å². The Balaban J connectivity index is 1.04. The molecule has 7 rings (SSSR count). The van der Waals surface area contributed by atoms with E-state index in [1.54, 1.807) is 12.1 Å². The van der Waals surface area contributed by atoms with E-state index in [1.165, 1.54) is 38.8 Å². The number of aliphatic hydroxyl groups is 1. The molecule has 51 heavy (non-hydrogen) atoms. The molecule has 11 heteroatoms. The van der Waals surface area contributed by atoms with Crippen molar-refractivity contribution in [3.63, 3.8) is 0 Å². The Morgan fingerprint density at radius 3 is 2.31 bits per heavy atom. The molecule has 270 valence electrons. The van der Waals surface area contributed by atoms with E-state index >= 15 is 0 Å². The van der Waals surface area contributed by atoms with Gasteiger partial charge in [-0.2, -0.15) is 0 Å². The van der Waals surface area contributed by atoms with E-state index in [0.717, 1.165) is 46.8 Å². The summed E-state index contributed by atoms with van der Waals surface area (Å²) in [5.74, 6) is -0.846. The summed E-state index contributed by atoms with van der Waals surface area (Å²) >= 11 is 0. The van der Waals surface area contributed by atoms with Gasteiger partial charge >= 0.3 is 6.09 Å². The van der Waals surface area contributed by atoms with Crippen LogP contribution >= 0.6 is 0 Å². The lowest BCUT2D eigenvalue weighted by molar-refractivity contribution is -0.276. The van der Waals surface area contributed by atoms with Gasteiger partial charge in [-0.1, -0.05) is 73.7 Å². The largest absolute Gasteiger partial charge is 0.445 e. The fourth-order valence-electron chi connectivity index (χ4n) is 7.87. The van der Waals surface area contributed by atoms with Crippen molar-refractivity contribution in [2.75, 3.05) is 37.6 Å². The number of likely N-dealkylation sites (tertiary alicyclic amines) is 2. The lowest BCUT2D eigenvalue weighted by Crippen LogP contribution is -2.48. The van der Waals surface area contributed by atoms with E-state index < -0.39 is 30.2 Å². The third-order valence-electron chi connectivity index (χ3n) is 10.8. The van der Waals surface area contributed by atoms with Crippen molar-refractivity contribution in [2.45, 2.75) is 82.8 Å². The van der Waals surface area contributed by atoms with E-state index in [-0.39, 0.29) is 37.8 Å². The molecule has 0 aliphatic carbocycles. The Morgan fingerprint density at radius 1 is 0.863 bits per heavy atom. The number of anilines is 1. The van der Waals surface area contributed by atoms with Gasteiger partial charge in [-0.15, -0.1) is 0 Å². The minimum Gasteiger partial charge on any atom is -0.445 e. The normalized spacial score (nSPS) is 27.3. The average molecular weight is 697 g/mol. The monoisotopic (exact) mass is 696 g/mol. The molecule has 6 atom stereocenters. The molecule has 4 saturated heterocycles. The standard InChI is InChI=1S/C40H48N4O7/c1-27-35(24-43-21-7-10-33(43)23-42-19-5-6-20-42)50-39(51-37(27)30-13-11-28(25-45)12-14-30)31-15-17-32(18-16-31)44-36(46)22-34(38(44)47)41-40(48)49-26-29-8-3-2-4-9-29/h2-4,8-9,11-18,27,33-35,37,39,45H,5-7,10,19-26H2,1H3,(H,41,48)/t27-,33-,34?,35+,37+,39+/m0/s1. The topological polar surface area (TPSA) is 121 Å². The molecule has 0 bridgehead atoms. The molecule has 3 aromatic carbocycles. The first-order valence-electron chi connectivity index (χ1n) is 18.3. The average Bonchev–Trinajstić information content (AvgIpc) is 3.90. The van der Waals surface area contributed by atoms with E-state index in [9.17, 15) is 19.5 Å². The first-order valence-corrected chi connectivity index (χ1v) is 18.3. The number of imide groups is 1. The van der Waals surface area contributed by atoms with Crippen LogP contribution in [-0.2, 0) is 37.0 Å². The molecule has 4 heterocycles. The number of rotatable bonds is 11. The molecule has 0 radical (unpaired) electrons. The van der Waals surface area contributed by atoms with E-state index in [0.29, 0.717) is 11.7 Å². The molecule has 1 unspecified atom stereocenters. The van der Waals surface area contributed by atoms with Gasteiger partial charge in [0, 0.05) is 30.6 Å². The first-order chi connectivity index (χ1) is 24.9. The minimum atomic E-state index is -1.01. The third-order valence-corrected chi connectivity index (χ3v) is 10.8. The van der Waals surface area contributed by atoms with Gasteiger partial charge in [-0.05, 0) is 74.1 Å². The molecule has 0 saturated carbocycles. The van der Waals surface area contributed by atoms with Crippen molar-refractivity contribution < 1.29 is 33.7 Å². The van der Waals surface area contributed by atoms with E-state index in [2.05, 4.69) is 22.0 Å². The van der Waals surface area contributed by atoms with Gasteiger partial charge in [0.15, 0.2) is 6.29 Å². The second kappa shape index (κ2) is 16.0. The number of amides is 3. The van der Waals surface area contributed by atoms with Gasteiger partial charge in [0.2, 0.25) is 5.91 Å². The van der Waals surface area contributed by atoms with Crippen molar-refractivity contribution in [1.82, 2.24) is 15.1 Å². The van der Waals surface area contributed by atoms with Gasteiger partial charge in [-0.3, -0.25) is 14.5 Å². The number of aliphatic hydroxyl groups excluding tert-OH is 1. The molecule has 3 aromatic rings. The number of benzene rings is 3. The Morgan fingerprint density at radius 2 is 1.59 bits per heavy atom. The van der Waals surface area contributed by atoms with Crippen LogP contribution < -0.4 is 10.2 Å². The summed E-state index contributed by atoms with van der Waals surface area (Å²) in [6.45, 7) is 7.56. The summed E-state index contributed by atoms with van der Waals surface area (Å²) in [6.07, 6.45) is 3.04. The zero-order chi connectivity index (χ0) is 35.3. The van der Waals surface area contributed by atoms with Crippen LogP contribution in [0.25, 0.3) is 0 Å². The summed E-state index contributed by atoms with van der Waals surface area (Å²) in [5, 5.41) is 12.2. The molecule has 2 N–H and O–H groups in total. The number of nitrogens with one attached hydrogen (secondary N) is 1. The fraction of sp³-hybridized carbons (Fsp3) is 0.475. The summed E-state index contributed by atoms with van der Waals surface area (Å²) in [4.78, 5) is 45.1. The second-order valence-electron chi connectivity index (χ2n) is 14.2. The summed E-state index contributed by atoms with van der Waals surface area (Å²) in [6, 6.07) is 23.8. The molecule has 4 aliphatic rings. The molecule has 3 amide bonds. The van der Waals surface area contributed by atoms with E-state index in [4.69, 9.17) is 14.2 Å². The first kappa shape index (κ1) is 35.3. The number of ether oxygens (including phenoxy) is 3. The van der Waals surface area contributed by atoms with Crippen LogP contribution in [0.1, 0.15) is 73.7 Å². The Kier molecular flexibility index (Phi) is 11.1. The Bertz CT molecular complexity index is 1650. The van der Waals surface area contributed by atoms with Crippen molar-refractivity contribution >= 4 is 23.6 Å². The third kappa shape index (κ3) is 8.18. The van der Waals surface area contributed by atoms with Crippen LogP contribution in [-0.4, -0.2) is 83.7 Å². The summed E-state index contributed by atoms with van der Waals surface area (Å²) < 4.78 is 18.7. The maximum absolute atomic E-state index is 13.3. The van der Waals surface area contributed by atoms with Crippen molar-refractivity contribution in [3.8, 4) is 0 Å². The molecule has 11 nitrogen and oxygen atoms in total. The Labute approximate surface area is 299 Å². The highest BCUT2D eigenvalue weighted by Crippen LogP contribution is 2.42. The van der Waals surface area contributed by atoms with Crippen molar-refractivity contribution in [2.24, 2.45) is 5.92 Å². The maximum Gasteiger partial charge on any atom is 0.408 e. The van der Waals surface area contributed by atoms with Crippen LogP contribution in [0.5, 0.6) is 0 Å². The molecule has 4 fully saturated rings. The van der Waals surface area contributed by atoms with Crippen LogP contribution in [0.4, 0.5) is 10.5 Å². The van der Waals surface area contributed by atoms with E-state index in [1.807, 2.05) is 66.7 Å². The Hall–Kier alpha value is -4.13. The van der Waals surface area contributed by atoms with Gasteiger partial charge in [0.1, 0.15) is 12.6 Å². The predicted octanol–water partition coefficient (Wildman–Crippen LogP) is 5.09.